The number of hydrogen-bond donors (Lipinski definition) is 2. The molecule has 0 aliphatic carbocycles. The molecular formula is C23H24N2O5S. The van der Waals surface area contributed by atoms with Crippen LogP contribution in [0, 0.1) is 0 Å². The van der Waals surface area contributed by atoms with Gasteiger partial charge in [0.2, 0.25) is 10.0 Å². The highest BCUT2D eigenvalue weighted by atomic mass is 32.2. The molecule has 8 heteroatoms. The zero-order valence-electron chi connectivity index (χ0n) is 17.1. The van der Waals surface area contributed by atoms with E-state index in [0.717, 1.165) is 11.3 Å². The van der Waals surface area contributed by atoms with Crippen molar-refractivity contribution in [2.45, 2.75) is 11.4 Å². The van der Waals surface area contributed by atoms with Gasteiger partial charge < -0.3 is 14.8 Å². The first kappa shape index (κ1) is 22.3. The summed E-state index contributed by atoms with van der Waals surface area (Å²) in [6.07, 6.45) is 0. The summed E-state index contributed by atoms with van der Waals surface area (Å²) in [7, 11) is -2.16. The molecule has 0 aliphatic heterocycles. The summed E-state index contributed by atoms with van der Waals surface area (Å²) in [6.45, 7) is 0.713. The van der Waals surface area contributed by atoms with Crippen molar-refractivity contribution in [1.29, 1.82) is 0 Å². The first-order valence-corrected chi connectivity index (χ1v) is 11.1. The second-order valence-corrected chi connectivity index (χ2v) is 8.38. The fraction of sp³-hybridized carbons (Fsp3) is 0.174. The Morgan fingerprint density at radius 3 is 2.32 bits per heavy atom. The van der Waals surface area contributed by atoms with Crippen molar-refractivity contribution in [2.24, 2.45) is 0 Å². The molecule has 0 radical (unpaired) electrons. The van der Waals surface area contributed by atoms with E-state index in [-0.39, 0.29) is 36.1 Å². The van der Waals surface area contributed by atoms with Crippen LogP contribution in [0.2, 0.25) is 0 Å². The summed E-state index contributed by atoms with van der Waals surface area (Å²) in [4.78, 5) is 12.4. The number of ether oxygens (including phenoxy) is 2. The zero-order valence-corrected chi connectivity index (χ0v) is 17.9. The Balaban J connectivity index is 1.52. The van der Waals surface area contributed by atoms with Crippen LogP contribution in [0.3, 0.4) is 0 Å². The lowest BCUT2D eigenvalue weighted by molar-refractivity contribution is 0.0947. The molecule has 0 aromatic heterocycles. The minimum Gasteiger partial charge on any atom is -0.497 e. The second-order valence-electron chi connectivity index (χ2n) is 6.62. The van der Waals surface area contributed by atoms with Crippen molar-refractivity contribution in [3.05, 3.63) is 90.0 Å². The fourth-order valence-corrected chi connectivity index (χ4v) is 3.83. The number of sulfonamides is 1. The van der Waals surface area contributed by atoms with Crippen LogP contribution in [0.5, 0.6) is 11.5 Å². The van der Waals surface area contributed by atoms with Gasteiger partial charge in [0.25, 0.3) is 5.91 Å². The van der Waals surface area contributed by atoms with Gasteiger partial charge in [0.05, 0.1) is 18.6 Å². The molecule has 3 aromatic rings. The molecule has 0 fully saturated rings. The maximum absolute atomic E-state index is 12.6. The number of benzene rings is 3. The molecule has 1 amide bonds. The highest BCUT2D eigenvalue weighted by Crippen LogP contribution is 2.17. The summed E-state index contributed by atoms with van der Waals surface area (Å²) in [6, 6.07) is 22.2. The number of carbonyl (C=O) groups is 1. The first-order valence-electron chi connectivity index (χ1n) is 9.66. The Morgan fingerprint density at radius 1 is 0.903 bits per heavy atom. The first-order chi connectivity index (χ1) is 15.0. The van der Waals surface area contributed by atoms with E-state index in [1.807, 2.05) is 30.3 Å². The lowest BCUT2D eigenvalue weighted by atomic mass is 10.2. The third kappa shape index (κ3) is 6.56. The SMILES string of the molecule is COc1ccc(OCCNC(=O)c2cccc(S(=O)(=O)NCc3ccccc3)c2)cc1. The lowest BCUT2D eigenvalue weighted by Crippen LogP contribution is -2.28. The number of nitrogens with one attached hydrogen (secondary N) is 2. The number of amides is 1. The average Bonchev–Trinajstić information content (AvgIpc) is 2.81. The van der Waals surface area contributed by atoms with Crippen LogP contribution >= 0.6 is 0 Å². The molecule has 0 atom stereocenters. The number of rotatable bonds is 10. The van der Waals surface area contributed by atoms with Crippen LogP contribution in [-0.2, 0) is 16.6 Å². The van der Waals surface area contributed by atoms with Gasteiger partial charge in [-0.1, -0.05) is 36.4 Å². The van der Waals surface area contributed by atoms with Crippen LogP contribution in [0.15, 0.2) is 83.8 Å². The summed E-state index contributed by atoms with van der Waals surface area (Å²) in [5, 5.41) is 2.72. The topological polar surface area (TPSA) is 93.7 Å². The smallest absolute Gasteiger partial charge is 0.251 e. The van der Waals surface area contributed by atoms with Gasteiger partial charge in [-0.2, -0.15) is 0 Å². The predicted octanol–water partition coefficient (Wildman–Crippen LogP) is 2.98. The van der Waals surface area contributed by atoms with Crippen molar-refractivity contribution < 1.29 is 22.7 Å². The van der Waals surface area contributed by atoms with Gasteiger partial charge >= 0.3 is 0 Å². The fourth-order valence-electron chi connectivity index (χ4n) is 2.77. The molecule has 162 valence electrons. The molecule has 7 nitrogen and oxygen atoms in total. The largest absolute Gasteiger partial charge is 0.497 e. The van der Waals surface area contributed by atoms with E-state index in [1.165, 1.54) is 12.1 Å². The van der Waals surface area contributed by atoms with Gasteiger partial charge in [-0.15, -0.1) is 0 Å². The van der Waals surface area contributed by atoms with Crippen LogP contribution in [0.4, 0.5) is 0 Å². The van der Waals surface area contributed by atoms with E-state index < -0.39 is 10.0 Å². The van der Waals surface area contributed by atoms with E-state index in [1.54, 1.807) is 43.5 Å². The zero-order chi connectivity index (χ0) is 22.1. The molecule has 0 aliphatic rings. The highest BCUT2D eigenvalue weighted by Gasteiger charge is 2.16. The summed E-state index contributed by atoms with van der Waals surface area (Å²) >= 11 is 0. The summed E-state index contributed by atoms with van der Waals surface area (Å²) in [5.74, 6) is 1.01. The highest BCUT2D eigenvalue weighted by molar-refractivity contribution is 7.89. The third-order valence-electron chi connectivity index (χ3n) is 4.43. The Hall–Kier alpha value is -3.36. The average molecular weight is 441 g/mol. The number of methoxy groups -OCH3 is 1. The Labute approximate surface area is 182 Å². The maximum Gasteiger partial charge on any atom is 0.251 e. The number of carbonyl (C=O) groups excluding carboxylic acids is 1. The minimum absolute atomic E-state index is 0.0329. The van der Waals surface area contributed by atoms with Gasteiger partial charge in [-0.3, -0.25) is 4.79 Å². The van der Waals surface area contributed by atoms with E-state index >= 15 is 0 Å². The molecule has 0 saturated heterocycles. The van der Waals surface area contributed by atoms with Crippen LogP contribution in [-0.4, -0.2) is 34.6 Å². The molecule has 0 bridgehead atoms. The van der Waals surface area contributed by atoms with Gasteiger partial charge in [-0.05, 0) is 48.0 Å². The normalized spacial score (nSPS) is 11.0. The Bertz CT molecular complexity index is 1100. The Kier molecular flexibility index (Phi) is 7.64. The van der Waals surface area contributed by atoms with Crippen LogP contribution in [0.25, 0.3) is 0 Å². The van der Waals surface area contributed by atoms with Gasteiger partial charge in [-0.25, -0.2) is 13.1 Å². The Morgan fingerprint density at radius 2 is 1.61 bits per heavy atom. The van der Waals surface area contributed by atoms with Crippen molar-refractivity contribution >= 4 is 15.9 Å². The van der Waals surface area contributed by atoms with E-state index in [4.69, 9.17) is 9.47 Å². The number of hydrogen-bond acceptors (Lipinski definition) is 5. The standard InChI is InChI=1S/C23H24N2O5S/c1-29-20-10-12-21(13-11-20)30-15-14-24-23(26)19-8-5-9-22(16-19)31(27,28)25-17-18-6-3-2-4-7-18/h2-13,16,25H,14-15,17H2,1H3,(H,24,26). The minimum atomic E-state index is -3.75. The maximum atomic E-state index is 12.6. The second kappa shape index (κ2) is 10.6. The quantitative estimate of drug-likeness (QED) is 0.473. The lowest BCUT2D eigenvalue weighted by Gasteiger charge is -2.10. The molecular weight excluding hydrogens is 416 g/mol. The van der Waals surface area contributed by atoms with Crippen LogP contribution < -0.4 is 19.5 Å². The monoisotopic (exact) mass is 440 g/mol. The van der Waals surface area contributed by atoms with Crippen molar-refractivity contribution in [1.82, 2.24) is 10.0 Å². The molecule has 3 rings (SSSR count). The van der Waals surface area contributed by atoms with Gasteiger partial charge in [0.1, 0.15) is 18.1 Å². The van der Waals surface area contributed by atoms with Crippen molar-refractivity contribution in [3.63, 3.8) is 0 Å². The molecule has 0 saturated carbocycles. The molecule has 31 heavy (non-hydrogen) atoms. The van der Waals surface area contributed by atoms with Crippen LogP contribution in [0.1, 0.15) is 15.9 Å². The molecule has 0 unspecified atom stereocenters. The van der Waals surface area contributed by atoms with E-state index in [0.29, 0.717) is 5.75 Å². The van der Waals surface area contributed by atoms with E-state index in [2.05, 4.69) is 10.0 Å². The third-order valence-corrected chi connectivity index (χ3v) is 5.83. The molecule has 0 spiro atoms. The molecule has 2 N–H and O–H groups in total. The van der Waals surface area contributed by atoms with Gasteiger partial charge in [0.15, 0.2) is 0 Å². The van der Waals surface area contributed by atoms with Gasteiger partial charge in [0, 0.05) is 12.1 Å². The molecule has 3 aromatic carbocycles. The summed E-state index contributed by atoms with van der Waals surface area (Å²) in [5.41, 5.74) is 1.10. The predicted molar refractivity (Wildman–Crippen MR) is 118 cm³/mol. The molecule has 0 heterocycles. The van der Waals surface area contributed by atoms with Crippen molar-refractivity contribution in [3.8, 4) is 11.5 Å². The van der Waals surface area contributed by atoms with Crippen molar-refractivity contribution in [2.75, 3.05) is 20.3 Å². The summed E-state index contributed by atoms with van der Waals surface area (Å²) < 4.78 is 38.3. The van der Waals surface area contributed by atoms with E-state index in [9.17, 15) is 13.2 Å².